The zero-order chi connectivity index (χ0) is 18.4. The number of hydrogen-bond donors (Lipinski definition) is 1. The van der Waals surface area contributed by atoms with Crippen molar-refractivity contribution in [2.75, 3.05) is 33.3 Å². The monoisotopic (exact) mass is 497 g/mol. The van der Waals surface area contributed by atoms with E-state index in [1.54, 1.807) is 6.07 Å². The number of ether oxygens (including phenoxy) is 1. The third-order valence-electron chi connectivity index (χ3n) is 4.41. The van der Waals surface area contributed by atoms with E-state index in [4.69, 9.17) is 16.3 Å². The molecule has 1 saturated heterocycles. The van der Waals surface area contributed by atoms with Crippen molar-refractivity contribution < 1.29 is 13.9 Å². The summed E-state index contributed by atoms with van der Waals surface area (Å²) in [6.07, 6.45) is 0.623. The van der Waals surface area contributed by atoms with E-state index in [0.717, 1.165) is 24.6 Å². The Balaban J connectivity index is 0.00000338. The van der Waals surface area contributed by atoms with Crippen LogP contribution in [0.4, 0.5) is 4.39 Å². The minimum atomic E-state index is -0.342. The van der Waals surface area contributed by atoms with Crippen LogP contribution in [0, 0.1) is 17.7 Å². The van der Waals surface area contributed by atoms with E-state index in [0.29, 0.717) is 24.5 Å². The molecule has 0 amide bonds. The average Bonchev–Trinajstić information content (AvgIpc) is 2.97. The number of esters is 1. The summed E-state index contributed by atoms with van der Waals surface area (Å²) in [5.74, 6) is 0.330. The molecule has 0 aliphatic carbocycles. The Bertz CT molecular complexity index is 645. The number of nitrogens with zero attached hydrogens (tertiary/aromatic N) is 2. The van der Waals surface area contributed by atoms with Gasteiger partial charge in [-0.05, 0) is 37.0 Å². The molecule has 0 spiro atoms. The molecule has 0 bridgehead atoms. The summed E-state index contributed by atoms with van der Waals surface area (Å²) in [6.45, 7) is 6.67. The normalized spacial score (nSPS) is 19.9. The molecule has 146 valence electrons. The van der Waals surface area contributed by atoms with Gasteiger partial charge < -0.3 is 15.0 Å². The van der Waals surface area contributed by atoms with Crippen molar-refractivity contribution in [3.63, 3.8) is 0 Å². The molecule has 1 heterocycles. The third-order valence-corrected chi connectivity index (χ3v) is 4.76. The smallest absolute Gasteiger partial charge is 0.310 e. The van der Waals surface area contributed by atoms with Crippen molar-refractivity contribution in [2.24, 2.45) is 16.8 Å². The molecule has 0 saturated carbocycles. The van der Waals surface area contributed by atoms with Gasteiger partial charge in [0.05, 0.1) is 13.0 Å². The number of carbonyl (C=O) groups is 1. The first-order valence-electron chi connectivity index (χ1n) is 8.51. The molecule has 1 aromatic rings. The van der Waals surface area contributed by atoms with Crippen LogP contribution in [0.15, 0.2) is 23.2 Å². The molecule has 1 aliphatic rings. The summed E-state index contributed by atoms with van der Waals surface area (Å²) in [5.41, 5.74) is 0.866. The van der Waals surface area contributed by atoms with E-state index in [1.165, 1.54) is 19.2 Å². The number of likely N-dealkylation sites (tertiary alicyclic amines) is 1. The van der Waals surface area contributed by atoms with Crippen molar-refractivity contribution in [3.05, 3.63) is 34.6 Å². The Kier molecular flexibility index (Phi) is 9.63. The lowest BCUT2D eigenvalue weighted by atomic mass is 9.99. The summed E-state index contributed by atoms with van der Waals surface area (Å²) in [4.78, 5) is 18.6. The molecule has 2 rings (SSSR count). The van der Waals surface area contributed by atoms with Crippen molar-refractivity contribution in [1.29, 1.82) is 0 Å². The first kappa shape index (κ1) is 23.0. The number of hydrogen-bond acceptors (Lipinski definition) is 3. The molecule has 8 heteroatoms. The van der Waals surface area contributed by atoms with Crippen LogP contribution in [-0.2, 0) is 16.0 Å². The molecule has 5 nitrogen and oxygen atoms in total. The highest BCUT2D eigenvalue weighted by molar-refractivity contribution is 14.0. The molecule has 1 aliphatic heterocycles. The second kappa shape index (κ2) is 10.9. The molecule has 1 N–H and O–H groups in total. The van der Waals surface area contributed by atoms with Gasteiger partial charge >= 0.3 is 5.97 Å². The lowest BCUT2D eigenvalue weighted by Gasteiger charge is -2.21. The van der Waals surface area contributed by atoms with Gasteiger partial charge in [0.1, 0.15) is 5.82 Å². The van der Waals surface area contributed by atoms with Crippen molar-refractivity contribution in [1.82, 2.24) is 10.2 Å². The maximum atomic E-state index is 13.1. The van der Waals surface area contributed by atoms with Gasteiger partial charge in [0, 0.05) is 31.2 Å². The highest BCUT2D eigenvalue weighted by Crippen LogP contribution is 2.24. The van der Waals surface area contributed by atoms with Gasteiger partial charge in [-0.2, -0.15) is 0 Å². The summed E-state index contributed by atoms with van der Waals surface area (Å²) in [6, 6.07) is 4.40. The predicted octanol–water partition coefficient (Wildman–Crippen LogP) is 3.35. The van der Waals surface area contributed by atoms with E-state index < -0.39 is 0 Å². The van der Waals surface area contributed by atoms with E-state index in [-0.39, 0.29) is 47.6 Å². The van der Waals surface area contributed by atoms with Gasteiger partial charge in [-0.25, -0.2) is 4.39 Å². The van der Waals surface area contributed by atoms with Crippen LogP contribution in [0.3, 0.4) is 0 Å². The molecule has 0 aromatic heterocycles. The molecule has 2 atom stereocenters. The van der Waals surface area contributed by atoms with Gasteiger partial charge in [-0.1, -0.05) is 24.6 Å². The van der Waals surface area contributed by atoms with E-state index >= 15 is 0 Å². The fraction of sp³-hybridized carbons (Fsp3) is 0.556. The summed E-state index contributed by atoms with van der Waals surface area (Å²) in [5, 5.41) is 3.68. The second-order valence-electron chi connectivity index (χ2n) is 6.23. The highest BCUT2D eigenvalue weighted by Gasteiger charge is 2.36. The molecule has 1 fully saturated rings. The fourth-order valence-corrected chi connectivity index (χ4v) is 3.29. The zero-order valence-electron chi connectivity index (χ0n) is 15.3. The van der Waals surface area contributed by atoms with Crippen LogP contribution in [-0.4, -0.2) is 50.1 Å². The van der Waals surface area contributed by atoms with Gasteiger partial charge in [0.2, 0.25) is 0 Å². The number of methoxy groups -OCH3 is 1. The number of carbonyl (C=O) groups excluding carboxylic acids is 1. The van der Waals surface area contributed by atoms with E-state index in [1.807, 2.05) is 13.8 Å². The topological polar surface area (TPSA) is 53.9 Å². The quantitative estimate of drug-likeness (QED) is 0.293. The Hall–Kier alpha value is -1.09. The Morgan fingerprint density at radius 1 is 1.46 bits per heavy atom. The number of guanidine groups is 1. The molecular weight excluding hydrogens is 472 g/mol. The standard InChI is InChI=1S/C18H25ClFN3O2.HI/c1-4-21-18(23-10-12(2)15(11-23)17(24)25-3)22-8-7-13-5-6-14(20)9-16(13)19;/h5-6,9,12,15H,4,7-8,10-11H2,1-3H3,(H,21,22);1H. The van der Waals surface area contributed by atoms with Crippen molar-refractivity contribution >= 4 is 47.5 Å². The molecular formula is C18H26ClFIN3O2. The van der Waals surface area contributed by atoms with Crippen LogP contribution in [0.1, 0.15) is 19.4 Å². The van der Waals surface area contributed by atoms with Crippen molar-refractivity contribution in [2.45, 2.75) is 20.3 Å². The number of nitrogens with one attached hydrogen (secondary N) is 1. The maximum absolute atomic E-state index is 13.1. The fourth-order valence-electron chi connectivity index (χ4n) is 3.03. The third kappa shape index (κ3) is 5.97. The Morgan fingerprint density at radius 2 is 2.19 bits per heavy atom. The first-order valence-corrected chi connectivity index (χ1v) is 8.89. The second-order valence-corrected chi connectivity index (χ2v) is 6.64. The Labute approximate surface area is 176 Å². The van der Waals surface area contributed by atoms with Gasteiger partial charge in [-0.15, -0.1) is 24.0 Å². The van der Waals surface area contributed by atoms with Crippen LogP contribution < -0.4 is 5.32 Å². The van der Waals surface area contributed by atoms with E-state index in [9.17, 15) is 9.18 Å². The molecule has 26 heavy (non-hydrogen) atoms. The summed E-state index contributed by atoms with van der Waals surface area (Å²) >= 11 is 6.06. The molecule has 1 aromatic carbocycles. The SMILES string of the molecule is CCNC(=NCCc1ccc(F)cc1Cl)N1CC(C)C(C(=O)OC)C1.I. The lowest BCUT2D eigenvalue weighted by molar-refractivity contribution is -0.145. The van der Waals surface area contributed by atoms with Crippen molar-refractivity contribution in [3.8, 4) is 0 Å². The predicted molar refractivity (Wildman–Crippen MR) is 113 cm³/mol. The molecule has 0 radical (unpaired) electrons. The van der Waals surface area contributed by atoms with Crippen LogP contribution >= 0.6 is 35.6 Å². The summed E-state index contributed by atoms with van der Waals surface area (Å²) in [7, 11) is 1.42. The first-order chi connectivity index (χ1) is 12.0. The number of aliphatic imine (C=N–C) groups is 1. The number of rotatable bonds is 5. The summed E-state index contributed by atoms with van der Waals surface area (Å²) < 4.78 is 18.0. The maximum Gasteiger partial charge on any atom is 0.310 e. The van der Waals surface area contributed by atoms with Gasteiger partial charge in [0.15, 0.2) is 5.96 Å². The number of halogens is 3. The van der Waals surface area contributed by atoms with Crippen LogP contribution in [0.2, 0.25) is 5.02 Å². The minimum absolute atomic E-state index is 0. The van der Waals surface area contributed by atoms with Crippen LogP contribution in [0.25, 0.3) is 0 Å². The lowest BCUT2D eigenvalue weighted by Crippen LogP contribution is -2.40. The minimum Gasteiger partial charge on any atom is -0.469 e. The highest BCUT2D eigenvalue weighted by atomic mass is 127. The Morgan fingerprint density at radius 3 is 2.81 bits per heavy atom. The largest absolute Gasteiger partial charge is 0.469 e. The zero-order valence-corrected chi connectivity index (χ0v) is 18.4. The van der Waals surface area contributed by atoms with E-state index in [2.05, 4.69) is 15.2 Å². The van der Waals surface area contributed by atoms with Gasteiger partial charge in [0.25, 0.3) is 0 Å². The van der Waals surface area contributed by atoms with Crippen LogP contribution in [0.5, 0.6) is 0 Å². The number of benzene rings is 1. The molecule has 2 unspecified atom stereocenters. The average molecular weight is 498 g/mol. The van der Waals surface area contributed by atoms with Gasteiger partial charge in [-0.3, -0.25) is 9.79 Å².